The molecule has 0 saturated heterocycles. The van der Waals surface area contributed by atoms with Gasteiger partial charge in [-0.25, -0.2) is 0 Å². The zero-order valence-corrected chi connectivity index (χ0v) is 16.5. The molecule has 2 aromatic carbocycles. The van der Waals surface area contributed by atoms with Gasteiger partial charge >= 0.3 is 0 Å². The lowest BCUT2D eigenvalue weighted by molar-refractivity contribution is -0.123. The van der Waals surface area contributed by atoms with Crippen LogP contribution in [-0.4, -0.2) is 42.9 Å². The summed E-state index contributed by atoms with van der Waals surface area (Å²) >= 11 is 5.82. The lowest BCUT2D eigenvalue weighted by Gasteiger charge is -2.19. The molecule has 2 aromatic rings. The minimum absolute atomic E-state index is 0.0778. The smallest absolute Gasteiger partial charge is 0.238 e. The number of benzene rings is 2. The molecule has 0 aliphatic heterocycles. The summed E-state index contributed by atoms with van der Waals surface area (Å²) in [6.45, 7) is 2.30. The highest BCUT2D eigenvalue weighted by atomic mass is 35.5. The van der Waals surface area contributed by atoms with E-state index in [1.807, 2.05) is 25.1 Å². The van der Waals surface area contributed by atoms with E-state index in [1.165, 1.54) is 5.56 Å². The quantitative estimate of drug-likeness (QED) is 0.693. The van der Waals surface area contributed by atoms with Crippen LogP contribution in [0.2, 0.25) is 5.02 Å². The third-order valence-corrected chi connectivity index (χ3v) is 4.32. The van der Waals surface area contributed by atoms with Crippen LogP contribution in [0.1, 0.15) is 18.9 Å². The molecule has 2 N–H and O–H groups in total. The average molecular weight is 388 g/mol. The first-order chi connectivity index (χ1) is 12.9. The Bertz CT molecular complexity index is 735. The van der Waals surface area contributed by atoms with Gasteiger partial charge in [0, 0.05) is 16.8 Å². The van der Waals surface area contributed by atoms with Crippen molar-refractivity contribution in [3.05, 3.63) is 65.2 Å². The van der Waals surface area contributed by atoms with Gasteiger partial charge in [-0.3, -0.25) is 14.5 Å². The third kappa shape index (κ3) is 8.24. The van der Waals surface area contributed by atoms with Crippen LogP contribution in [0.5, 0.6) is 0 Å². The van der Waals surface area contributed by atoms with Gasteiger partial charge in [-0.15, -0.1) is 0 Å². The van der Waals surface area contributed by atoms with Gasteiger partial charge in [-0.2, -0.15) is 0 Å². The molecule has 1 unspecified atom stereocenters. The van der Waals surface area contributed by atoms with Crippen molar-refractivity contribution in [2.75, 3.05) is 25.5 Å². The van der Waals surface area contributed by atoms with E-state index in [0.29, 0.717) is 10.7 Å². The van der Waals surface area contributed by atoms with Crippen molar-refractivity contribution in [1.29, 1.82) is 0 Å². The largest absolute Gasteiger partial charge is 0.353 e. The third-order valence-electron chi connectivity index (χ3n) is 4.07. The predicted molar refractivity (Wildman–Crippen MR) is 110 cm³/mol. The minimum Gasteiger partial charge on any atom is -0.353 e. The lowest BCUT2D eigenvalue weighted by atomic mass is 10.1. The lowest BCUT2D eigenvalue weighted by Crippen LogP contribution is -2.42. The Balaban J connectivity index is 1.67. The minimum atomic E-state index is -0.176. The van der Waals surface area contributed by atoms with E-state index in [-0.39, 0.29) is 30.9 Å². The fourth-order valence-corrected chi connectivity index (χ4v) is 2.83. The molecule has 0 bridgehead atoms. The molecule has 6 heteroatoms. The summed E-state index contributed by atoms with van der Waals surface area (Å²) in [5, 5.41) is 6.38. The van der Waals surface area contributed by atoms with Gasteiger partial charge in [0.1, 0.15) is 0 Å². The van der Waals surface area contributed by atoms with Gasteiger partial charge in [-0.1, -0.05) is 41.9 Å². The number of rotatable bonds is 9. The topological polar surface area (TPSA) is 61.4 Å². The molecule has 5 nitrogen and oxygen atoms in total. The summed E-state index contributed by atoms with van der Waals surface area (Å²) in [6.07, 6.45) is 1.79. The van der Waals surface area contributed by atoms with E-state index >= 15 is 0 Å². The molecule has 0 fully saturated rings. The highest BCUT2D eigenvalue weighted by molar-refractivity contribution is 6.30. The molecule has 2 amide bonds. The first-order valence-corrected chi connectivity index (χ1v) is 9.37. The normalized spacial score (nSPS) is 11.9. The Kier molecular flexibility index (Phi) is 8.30. The molecule has 0 radical (unpaired) electrons. The fraction of sp³-hybridized carbons (Fsp3) is 0.333. The number of hydrogen-bond donors (Lipinski definition) is 2. The first-order valence-electron chi connectivity index (χ1n) is 8.99. The molecule has 144 valence electrons. The zero-order chi connectivity index (χ0) is 19.6. The Hall–Kier alpha value is -2.37. The van der Waals surface area contributed by atoms with Crippen molar-refractivity contribution in [2.24, 2.45) is 0 Å². The Morgan fingerprint density at radius 3 is 2.30 bits per heavy atom. The molecule has 2 rings (SSSR count). The van der Waals surface area contributed by atoms with Crippen molar-refractivity contribution in [2.45, 2.75) is 25.8 Å². The number of carbonyl (C=O) groups excluding carboxylic acids is 2. The van der Waals surface area contributed by atoms with Crippen LogP contribution >= 0.6 is 11.6 Å². The maximum atomic E-state index is 12.2. The van der Waals surface area contributed by atoms with Crippen LogP contribution in [0.15, 0.2) is 54.6 Å². The fourth-order valence-electron chi connectivity index (χ4n) is 2.70. The van der Waals surface area contributed by atoms with E-state index < -0.39 is 0 Å². The molecular formula is C21H26ClN3O2. The number of amides is 2. The zero-order valence-electron chi connectivity index (χ0n) is 15.7. The van der Waals surface area contributed by atoms with Crippen LogP contribution in [0.3, 0.4) is 0 Å². The second kappa shape index (κ2) is 10.7. The molecule has 0 aliphatic carbocycles. The average Bonchev–Trinajstić information content (AvgIpc) is 2.62. The molecule has 0 spiro atoms. The number of hydrogen-bond acceptors (Lipinski definition) is 3. The summed E-state index contributed by atoms with van der Waals surface area (Å²) in [5.41, 5.74) is 1.94. The summed E-state index contributed by atoms with van der Waals surface area (Å²) in [5.74, 6) is -0.262. The van der Waals surface area contributed by atoms with Crippen LogP contribution in [0.25, 0.3) is 0 Å². The number of likely N-dealkylation sites (N-methyl/N-ethyl adjacent to an activating group) is 1. The number of aryl methyl sites for hydroxylation is 1. The predicted octanol–water partition coefficient (Wildman–Crippen LogP) is 3.35. The van der Waals surface area contributed by atoms with Crippen molar-refractivity contribution in [3.63, 3.8) is 0 Å². The molecule has 1 atom stereocenters. The molecule has 0 aliphatic rings. The Morgan fingerprint density at radius 1 is 1.00 bits per heavy atom. The Labute approximate surface area is 165 Å². The molecule has 0 heterocycles. The van der Waals surface area contributed by atoms with Crippen LogP contribution in [-0.2, 0) is 16.0 Å². The molecule has 0 saturated carbocycles. The standard InChI is InChI=1S/C21H26ClN3O2/c1-16(8-9-17-6-4-3-5-7-17)23-20(26)14-25(2)15-21(27)24-19-12-10-18(22)11-13-19/h3-7,10-13,16H,8-9,14-15H2,1-2H3,(H,23,26)(H,24,27). The van der Waals surface area contributed by atoms with Crippen LogP contribution < -0.4 is 10.6 Å². The SMILES string of the molecule is CC(CCc1ccccc1)NC(=O)CN(C)CC(=O)Nc1ccc(Cl)cc1. The van der Waals surface area contributed by atoms with Gasteiger partial charge in [0.15, 0.2) is 0 Å². The van der Waals surface area contributed by atoms with E-state index in [4.69, 9.17) is 11.6 Å². The van der Waals surface area contributed by atoms with Gasteiger partial charge < -0.3 is 10.6 Å². The van der Waals surface area contributed by atoms with E-state index in [0.717, 1.165) is 12.8 Å². The maximum Gasteiger partial charge on any atom is 0.238 e. The second-order valence-corrected chi connectivity index (χ2v) is 7.16. The number of anilines is 1. The monoisotopic (exact) mass is 387 g/mol. The maximum absolute atomic E-state index is 12.2. The second-order valence-electron chi connectivity index (χ2n) is 6.72. The highest BCUT2D eigenvalue weighted by Crippen LogP contribution is 2.13. The molecule has 27 heavy (non-hydrogen) atoms. The number of halogens is 1. The van der Waals surface area contributed by atoms with Gasteiger partial charge in [0.2, 0.25) is 11.8 Å². The van der Waals surface area contributed by atoms with Crippen molar-refractivity contribution < 1.29 is 9.59 Å². The van der Waals surface area contributed by atoms with E-state index in [2.05, 4.69) is 22.8 Å². The van der Waals surface area contributed by atoms with E-state index in [1.54, 1.807) is 36.2 Å². The van der Waals surface area contributed by atoms with Gasteiger partial charge in [0.05, 0.1) is 13.1 Å². The van der Waals surface area contributed by atoms with Gasteiger partial charge in [0.25, 0.3) is 0 Å². The van der Waals surface area contributed by atoms with Gasteiger partial charge in [-0.05, 0) is 56.6 Å². The van der Waals surface area contributed by atoms with E-state index in [9.17, 15) is 9.59 Å². The first kappa shape index (κ1) is 20.9. The number of nitrogens with one attached hydrogen (secondary N) is 2. The van der Waals surface area contributed by atoms with Crippen LogP contribution in [0.4, 0.5) is 5.69 Å². The summed E-state index contributed by atoms with van der Waals surface area (Å²) < 4.78 is 0. The van der Waals surface area contributed by atoms with Crippen LogP contribution in [0, 0.1) is 0 Å². The van der Waals surface area contributed by atoms with Crippen molar-refractivity contribution >= 4 is 29.1 Å². The van der Waals surface area contributed by atoms with Crippen molar-refractivity contribution in [1.82, 2.24) is 10.2 Å². The van der Waals surface area contributed by atoms with Crippen molar-refractivity contribution in [3.8, 4) is 0 Å². The molecular weight excluding hydrogens is 362 g/mol. The summed E-state index contributed by atoms with van der Waals surface area (Å²) in [4.78, 5) is 25.9. The summed E-state index contributed by atoms with van der Waals surface area (Å²) in [6, 6.07) is 17.2. The summed E-state index contributed by atoms with van der Waals surface area (Å²) in [7, 11) is 1.75. The Morgan fingerprint density at radius 2 is 1.63 bits per heavy atom. The highest BCUT2D eigenvalue weighted by Gasteiger charge is 2.13. The number of nitrogens with zero attached hydrogens (tertiary/aromatic N) is 1. The molecule has 0 aromatic heterocycles. The number of carbonyl (C=O) groups is 2.